The van der Waals surface area contributed by atoms with E-state index in [4.69, 9.17) is 4.98 Å². The van der Waals surface area contributed by atoms with E-state index >= 15 is 0 Å². The highest BCUT2D eigenvalue weighted by atomic mass is 16.3. The molecule has 3 nitrogen and oxygen atoms in total. The minimum Gasteiger partial charge on any atom is -0.396 e. The predicted molar refractivity (Wildman–Crippen MR) is 71.5 cm³/mol. The van der Waals surface area contributed by atoms with Crippen LogP contribution in [0.3, 0.4) is 0 Å². The normalized spacial score (nSPS) is 18.7. The van der Waals surface area contributed by atoms with Gasteiger partial charge in [-0.05, 0) is 25.8 Å². The lowest BCUT2D eigenvalue weighted by Gasteiger charge is -2.21. The second kappa shape index (κ2) is 4.58. The van der Waals surface area contributed by atoms with Crippen LogP contribution in [-0.2, 0) is 6.54 Å². The standard InChI is InChI=1S/C15H18N2O/c1-11-4-2-5-12(8-11)14-9-17-7-3-6-13(10-18)15(17)16-14/h2,4-5,8-9,13,18H,3,6-7,10H2,1H3. The van der Waals surface area contributed by atoms with Crippen molar-refractivity contribution < 1.29 is 5.11 Å². The molecule has 1 N–H and O–H groups in total. The largest absolute Gasteiger partial charge is 0.396 e. The highest BCUT2D eigenvalue weighted by Crippen LogP contribution is 2.29. The van der Waals surface area contributed by atoms with Crippen molar-refractivity contribution in [3.05, 3.63) is 41.9 Å². The number of aliphatic hydroxyl groups excluding tert-OH is 1. The Kier molecular flexibility index (Phi) is 2.92. The van der Waals surface area contributed by atoms with Crippen LogP contribution in [0.2, 0.25) is 0 Å². The molecule has 1 aromatic heterocycles. The molecule has 1 aliphatic heterocycles. The molecule has 0 bridgehead atoms. The van der Waals surface area contributed by atoms with E-state index in [-0.39, 0.29) is 12.5 Å². The van der Waals surface area contributed by atoms with Gasteiger partial charge in [0.2, 0.25) is 0 Å². The van der Waals surface area contributed by atoms with E-state index in [2.05, 4.69) is 42.0 Å². The summed E-state index contributed by atoms with van der Waals surface area (Å²) in [7, 11) is 0. The van der Waals surface area contributed by atoms with Gasteiger partial charge in [-0.25, -0.2) is 4.98 Å². The van der Waals surface area contributed by atoms with Gasteiger partial charge in [0.25, 0.3) is 0 Å². The fraction of sp³-hybridized carbons (Fsp3) is 0.400. The molecular formula is C15H18N2O. The monoisotopic (exact) mass is 242 g/mol. The van der Waals surface area contributed by atoms with Gasteiger partial charge in [0.15, 0.2) is 0 Å². The van der Waals surface area contributed by atoms with Crippen molar-refractivity contribution in [2.75, 3.05) is 6.61 Å². The van der Waals surface area contributed by atoms with Crippen molar-refractivity contribution in [1.82, 2.24) is 9.55 Å². The quantitative estimate of drug-likeness (QED) is 0.879. The molecule has 1 aromatic carbocycles. The van der Waals surface area contributed by atoms with Gasteiger partial charge in [-0.3, -0.25) is 0 Å². The highest BCUT2D eigenvalue weighted by Gasteiger charge is 2.22. The Hall–Kier alpha value is -1.61. The van der Waals surface area contributed by atoms with Gasteiger partial charge < -0.3 is 9.67 Å². The Morgan fingerprint density at radius 3 is 3.11 bits per heavy atom. The van der Waals surface area contributed by atoms with Crippen LogP contribution in [0.4, 0.5) is 0 Å². The Balaban J connectivity index is 2.02. The molecule has 3 heteroatoms. The summed E-state index contributed by atoms with van der Waals surface area (Å²) >= 11 is 0. The molecule has 0 fully saturated rings. The van der Waals surface area contributed by atoms with Gasteiger partial charge in [0, 0.05) is 24.2 Å². The number of hydrogen-bond donors (Lipinski definition) is 1. The molecule has 0 spiro atoms. The fourth-order valence-electron chi connectivity index (χ4n) is 2.69. The van der Waals surface area contributed by atoms with Gasteiger partial charge in [0.1, 0.15) is 5.82 Å². The van der Waals surface area contributed by atoms with Crippen LogP contribution in [0.15, 0.2) is 30.5 Å². The molecule has 0 radical (unpaired) electrons. The number of aromatic nitrogens is 2. The lowest BCUT2D eigenvalue weighted by atomic mass is 10.0. The Bertz CT molecular complexity index is 559. The van der Waals surface area contributed by atoms with Crippen LogP contribution in [0, 0.1) is 6.92 Å². The highest BCUT2D eigenvalue weighted by molar-refractivity contribution is 5.59. The van der Waals surface area contributed by atoms with Gasteiger partial charge in [-0.1, -0.05) is 23.8 Å². The fourth-order valence-corrected chi connectivity index (χ4v) is 2.69. The first-order valence-corrected chi connectivity index (χ1v) is 6.53. The van der Waals surface area contributed by atoms with E-state index in [1.807, 2.05) is 0 Å². The van der Waals surface area contributed by atoms with Gasteiger partial charge in [0.05, 0.1) is 12.3 Å². The van der Waals surface area contributed by atoms with Crippen molar-refractivity contribution in [2.45, 2.75) is 32.2 Å². The Morgan fingerprint density at radius 1 is 1.44 bits per heavy atom. The molecule has 2 heterocycles. The second-order valence-corrected chi connectivity index (χ2v) is 5.07. The van der Waals surface area contributed by atoms with E-state index < -0.39 is 0 Å². The maximum absolute atomic E-state index is 9.41. The number of benzene rings is 1. The molecule has 94 valence electrons. The Morgan fingerprint density at radius 2 is 2.33 bits per heavy atom. The number of imidazole rings is 1. The third kappa shape index (κ3) is 1.95. The lowest BCUT2D eigenvalue weighted by molar-refractivity contribution is 0.238. The summed E-state index contributed by atoms with van der Waals surface area (Å²) in [6, 6.07) is 8.40. The predicted octanol–water partition coefficient (Wildman–Crippen LogP) is 2.73. The molecule has 0 aliphatic carbocycles. The molecule has 1 atom stereocenters. The van der Waals surface area contributed by atoms with E-state index in [0.29, 0.717) is 0 Å². The molecule has 3 rings (SSSR count). The molecule has 1 unspecified atom stereocenters. The van der Waals surface area contributed by atoms with Gasteiger partial charge in [-0.15, -0.1) is 0 Å². The van der Waals surface area contributed by atoms with E-state index in [0.717, 1.165) is 36.5 Å². The summed E-state index contributed by atoms with van der Waals surface area (Å²) in [5, 5.41) is 9.41. The van der Waals surface area contributed by atoms with Crippen molar-refractivity contribution in [3.63, 3.8) is 0 Å². The molecule has 0 amide bonds. The van der Waals surface area contributed by atoms with Gasteiger partial charge in [-0.2, -0.15) is 0 Å². The number of rotatable bonds is 2. The first kappa shape index (κ1) is 11.5. The maximum Gasteiger partial charge on any atom is 0.114 e. The number of aryl methyl sites for hydroxylation is 2. The SMILES string of the molecule is Cc1cccc(-c2cn3c(n2)C(CO)CCC3)c1. The summed E-state index contributed by atoms with van der Waals surface area (Å²) in [4.78, 5) is 4.72. The summed E-state index contributed by atoms with van der Waals surface area (Å²) in [5.41, 5.74) is 3.43. The average Bonchev–Trinajstić information content (AvgIpc) is 2.82. The lowest BCUT2D eigenvalue weighted by Crippen LogP contribution is -2.18. The Labute approximate surface area is 107 Å². The molecule has 1 aliphatic rings. The van der Waals surface area contributed by atoms with Crippen LogP contribution in [-0.4, -0.2) is 21.3 Å². The summed E-state index contributed by atoms with van der Waals surface area (Å²) in [6.45, 7) is 3.31. The van der Waals surface area contributed by atoms with E-state index in [1.54, 1.807) is 0 Å². The van der Waals surface area contributed by atoms with Crippen LogP contribution >= 0.6 is 0 Å². The summed E-state index contributed by atoms with van der Waals surface area (Å²) in [6.07, 6.45) is 4.29. The average molecular weight is 242 g/mol. The zero-order valence-electron chi connectivity index (χ0n) is 10.6. The summed E-state index contributed by atoms with van der Waals surface area (Å²) in [5.74, 6) is 1.25. The van der Waals surface area contributed by atoms with E-state index in [9.17, 15) is 5.11 Å². The molecule has 0 saturated heterocycles. The van der Waals surface area contributed by atoms with Crippen molar-refractivity contribution in [3.8, 4) is 11.3 Å². The first-order chi connectivity index (χ1) is 8.78. The number of aliphatic hydroxyl groups is 1. The number of fused-ring (bicyclic) bond motifs is 1. The third-order valence-corrected chi connectivity index (χ3v) is 3.66. The van der Waals surface area contributed by atoms with Crippen molar-refractivity contribution in [2.24, 2.45) is 0 Å². The minimum atomic E-state index is 0.199. The minimum absolute atomic E-state index is 0.199. The van der Waals surface area contributed by atoms with Crippen LogP contribution in [0.25, 0.3) is 11.3 Å². The zero-order chi connectivity index (χ0) is 12.5. The molecular weight excluding hydrogens is 224 g/mol. The number of nitrogens with zero attached hydrogens (tertiary/aromatic N) is 2. The van der Waals surface area contributed by atoms with Crippen LogP contribution in [0.5, 0.6) is 0 Å². The van der Waals surface area contributed by atoms with E-state index in [1.165, 1.54) is 5.56 Å². The molecule has 0 saturated carbocycles. The van der Waals surface area contributed by atoms with Gasteiger partial charge >= 0.3 is 0 Å². The first-order valence-electron chi connectivity index (χ1n) is 6.53. The maximum atomic E-state index is 9.41. The van der Waals surface area contributed by atoms with Crippen LogP contribution in [0.1, 0.15) is 30.1 Å². The second-order valence-electron chi connectivity index (χ2n) is 5.07. The van der Waals surface area contributed by atoms with Crippen LogP contribution < -0.4 is 0 Å². The molecule has 2 aromatic rings. The van der Waals surface area contributed by atoms with Crippen molar-refractivity contribution in [1.29, 1.82) is 0 Å². The number of hydrogen-bond acceptors (Lipinski definition) is 2. The zero-order valence-corrected chi connectivity index (χ0v) is 10.6. The summed E-state index contributed by atoms with van der Waals surface area (Å²) < 4.78 is 2.20. The van der Waals surface area contributed by atoms with Crippen molar-refractivity contribution >= 4 is 0 Å². The molecule has 18 heavy (non-hydrogen) atoms. The topological polar surface area (TPSA) is 38.0 Å². The third-order valence-electron chi connectivity index (χ3n) is 3.66. The smallest absolute Gasteiger partial charge is 0.114 e.